The van der Waals surface area contributed by atoms with Gasteiger partial charge < -0.3 is 5.73 Å². The van der Waals surface area contributed by atoms with Crippen LogP contribution in [0, 0.1) is 0 Å². The smallest absolute Gasteiger partial charge is 0.163 e. The van der Waals surface area contributed by atoms with Gasteiger partial charge in [0.15, 0.2) is 5.65 Å². The van der Waals surface area contributed by atoms with Gasteiger partial charge in [0.05, 0.1) is 6.54 Å². The second-order valence-corrected chi connectivity index (χ2v) is 3.84. The first kappa shape index (κ1) is 8.73. The third-order valence-corrected chi connectivity index (χ3v) is 2.93. The Bertz CT molecular complexity index is 521. The van der Waals surface area contributed by atoms with Crippen molar-refractivity contribution in [2.45, 2.75) is 25.8 Å². The Morgan fingerprint density at radius 1 is 1.20 bits per heavy atom. The van der Waals surface area contributed by atoms with Crippen molar-refractivity contribution in [2.75, 3.05) is 0 Å². The molecule has 0 aliphatic heterocycles. The number of pyridine rings is 1. The molecule has 2 N–H and O–H groups in total. The van der Waals surface area contributed by atoms with Gasteiger partial charge in [0, 0.05) is 17.8 Å². The summed E-state index contributed by atoms with van der Waals surface area (Å²) in [7, 11) is 0. The molecule has 0 fully saturated rings. The Morgan fingerprint density at radius 3 is 3.00 bits per heavy atom. The number of hydrogen-bond acceptors (Lipinski definition) is 4. The predicted octanol–water partition coefficient (Wildman–Crippen LogP) is 0.972. The lowest BCUT2D eigenvalue weighted by molar-refractivity contribution is 0.911. The van der Waals surface area contributed by atoms with E-state index in [9.17, 15) is 0 Å². The average molecular weight is 200 g/mol. The molecule has 0 bridgehead atoms. The molecule has 1 aliphatic rings. The zero-order valence-electron chi connectivity index (χ0n) is 8.40. The second kappa shape index (κ2) is 3.24. The molecule has 4 heteroatoms. The topological polar surface area (TPSA) is 64.7 Å². The summed E-state index contributed by atoms with van der Waals surface area (Å²) in [6.07, 6.45) is 7.28. The van der Waals surface area contributed by atoms with Gasteiger partial charge in [-0.05, 0) is 30.4 Å². The Hall–Kier alpha value is -1.55. The first-order valence-electron chi connectivity index (χ1n) is 5.21. The molecule has 0 radical (unpaired) electrons. The van der Waals surface area contributed by atoms with Crippen molar-refractivity contribution >= 4 is 11.0 Å². The molecule has 0 spiro atoms. The maximum Gasteiger partial charge on any atom is 0.163 e. The standard InChI is InChI=1S/C11H12N4/c12-4-10-13-6-9-8-3-1-2-7(8)5-14-11(9)15-10/h5-6H,1-4,12H2. The van der Waals surface area contributed by atoms with E-state index in [1.165, 1.54) is 17.5 Å². The number of aromatic nitrogens is 3. The summed E-state index contributed by atoms with van der Waals surface area (Å²) in [6.45, 7) is 0.370. The Labute approximate surface area is 87.6 Å². The van der Waals surface area contributed by atoms with Gasteiger partial charge in [-0.3, -0.25) is 0 Å². The molecule has 4 nitrogen and oxygen atoms in total. The van der Waals surface area contributed by atoms with Crippen molar-refractivity contribution in [3.63, 3.8) is 0 Å². The predicted molar refractivity (Wildman–Crippen MR) is 57.2 cm³/mol. The minimum Gasteiger partial charge on any atom is -0.324 e. The van der Waals surface area contributed by atoms with E-state index in [0.717, 1.165) is 23.9 Å². The maximum absolute atomic E-state index is 5.50. The van der Waals surface area contributed by atoms with Crippen LogP contribution in [0.4, 0.5) is 0 Å². The molecule has 0 saturated heterocycles. The van der Waals surface area contributed by atoms with Crippen LogP contribution in [0.2, 0.25) is 0 Å². The van der Waals surface area contributed by atoms with Crippen LogP contribution in [0.5, 0.6) is 0 Å². The van der Waals surface area contributed by atoms with E-state index in [4.69, 9.17) is 5.73 Å². The number of rotatable bonds is 1. The molecule has 0 unspecified atom stereocenters. The van der Waals surface area contributed by atoms with Crippen LogP contribution < -0.4 is 5.73 Å². The lowest BCUT2D eigenvalue weighted by Gasteiger charge is -2.04. The molecule has 0 saturated carbocycles. The summed E-state index contributed by atoms with van der Waals surface area (Å²) < 4.78 is 0. The van der Waals surface area contributed by atoms with Crippen molar-refractivity contribution in [3.05, 3.63) is 29.3 Å². The number of nitrogens with two attached hydrogens (primary N) is 1. The molecule has 0 amide bonds. The average Bonchev–Trinajstić information content (AvgIpc) is 2.76. The number of aryl methyl sites for hydroxylation is 2. The molecule has 1 aliphatic carbocycles. The monoisotopic (exact) mass is 200 g/mol. The second-order valence-electron chi connectivity index (χ2n) is 3.84. The van der Waals surface area contributed by atoms with Crippen molar-refractivity contribution < 1.29 is 0 Å². The Balaban J connectivity index is 2.29. The molecular formula is C11H12N4. The minimum absolute atomic E-state index is 0.370. The Morgan fingerprint density at radius 2 is 2.13 bits per heavy atom. The maximum atomic E-state index is 5.50. The van der Waals surface area contributed by atoms with E-state index >= 15 is 0 Å². The molecule has 3 rings (SSSR count). The van der Waals surface area contributed by atoms with Gasteiger partial charge in [-0.15, -0.1) is 0 Å². The SMILES string of the molecule is NCc1ncc2c3c(cnc2n1)CCC3. The summed E-state index contributed by atoms with van der Waals surface area (Å²) in [6, 6.07) is 0. The van der Waals surface area contributed by atoms with Crippen molar-refractivity contribution in [3.8, 4) is 0 Å². The number of hydrogen-bond donors (Lipinski definition) is 1. The van der Waals surface area contributed by atoms with E-state index in [1.54, 1.807) is 0 Å². The molecule has 0 atom stereocenters. The molecule has 2 aromatic heterocycles. The molecular weight excluding hydrogens is 188 g/mol. The van der Waals surface area contributed by atoms with E-state index in [-0.39, 0.29) is 0 Å². The normalized spacial score (nSPS) is 14.5. The van der Waals surface area contributed by atoms with Gasteiger partial charge in [-0.1, -0.05) is 0 Å². The van der Waals surface area contributed by atoms with E-state index in [2.05, 4.69) is 15.0 Å². The van der Waals surface area contributed by atoms with Gasteiger partial charge >= 0.3 is 0 Å². The summed E-state index contributed by atoms with van der Waals surface area (Å²) in [5.41, 5.74) is 9.02. The van der Waals surface area contributed by atoms with E-state index in [1.807, 2.05) is 12.4 Å². The summed E-state index contributed by atoms with van der Waals surface area (Å²) >= 11 is 0. The van der Waals surface area contributed by atoms with E-state index in [0.29, 0.717) is 12.4 Å². The van der Waals surface area contributed by atoms with Crippen LogP contribution in [0.25, 0.3) is 11.0 Å². The first-order valence-corrected chi connectivity index (χ1v) is 5.21. The third-order valence-electron chi connectivity index (χ3n) is 2.93. The van der Waals surface area contributed by atoms with Crippen molar-refractivity contribution in [1.29, 1.82) is 0 Å². The highest BCUT2D eigenvalue weighted by molar-refractivity contribution is 5.79. The van der Waals surface area contributed by atoms with Crippen molar-refractivity contribution in [1.82, 2.24) is 15.0 Å². The van der Waals surface area contributed by atoms with Crippen LogP contribution >= 0.6 is 0 Å². The molecule has 76 valence electrons. The van der Waals surface area contributed by atoms with Crippen LogP contribution in [-0.4, -0.2) is 15.0 Å². The molecule has 15 heavy (non-hydrogen) atoms. The van der Waals surface area contributed by atoms with Crippen LogP contribution in [0.3, 0.4) is 0 Å². The lowest BCUT2D eigenvalue weighted by Crippen LogP contribution is -2.04. The first-order chi connectivity index (χ1) is 7.38. The highest BCUT2D eigenvalue weighted by Gasteiger charge is 2.15. The fourth-order valence-corrected chi connectivity index (χ4v) is 2.17. The Kier molecular flexibility index (Phi) is 1.89. The van der Waals surface area contributed by atoms with Gasteiger partial charge in [0.1, 0.15) is 5.82 Å². The van der Waals surface area contributed by atoms with Crippen LogP contribution in [0.1, 0.15) is 23.4 Å². The number of nitrogens with zero attached hydrogens (tertiary/aromatic N) is 3. The highest BCUT2D eigenvalue weighted by Crippen LogP contribution is 2.26. The summed E-state index contributed by atoms with van der Waals surface area (Å²) in [5.74, 6) is 0.660. The fourth-order valence-electron chi connectivity index (χ4n) is 2.17. The molecule has 2 aromatic rings. The molecule has 2 heterocycles. The summed E-state index contributed by atoms with van der Waals surface area (Å²) in [5, 5.41) is 1.10. The largest absolute Gasteiger partial charge is 0.324 e. The van der Waals surface area contributed by atoms with Gasteiger partial charge in [0.2, 0.25) is 0 Å². The van der Waals surface area contributed by atoms with Gasteiger partial charge in [-0.2, -0.15) is 0 Å². The highest BCUT2D eigenvalue weighted by atomic mass is 14.9. The van der Waals surface area contributed by atoms with Crippen LogP contribution in [0.15, 0.2) is 12.4 Å². The zero-order valence-corrected chi connectivity index (χ0v) is 8.40. The fraction of sp³-hybridized carbons (Fsp3) is 0.364. The quantitative estimate of drug-likeness (QED) is 0.745. The van der Waals surface area contributed by atoms with Gasteiger partial charge in [-0.25, -0.2) is 15.0 Å². The van der Waals surface area contributed by atoms with Gasteiger partial charge in [0.25, 0.3) is 0 Å². The molecule has 0 aromatic carbocycles. The summed E-state index contributed by atoms with van der Waals surface area (Å²) in [4.78, 5) is 12.9. The van der Waals surface area contributed by atoms with E-state index < -0.39 is 0 Å². The number of fused-ring (bicyclic) bond motifs is 3. The van der Waals surface area contributed by atoms with Crippen LogP contribution in [-0.2, 0) is 19.4 Å². The minimum atomic E-state index is 0.370. The lowest BCUT2D eigenvalue weighted by atomic mass is 10.1. The van der Waals surface area contributed by atoms with Crippen molar-refractivity contribution in [2.24, 2.45) is 5.73 Å². The zero-order chi connectivity index (χ0) is 10.3. The third kappa shape index (κ3) is 1.29.